The van der Waals surface area contributed by atoms with Gasteiger partial charge in [-0.15, -0.1) is 0 Å². The Hall–Kier alpha value is -1.69. The SMILES string of the molecule is C=C(F)/C(Cl)=C\C=C/C[C@H]1CN[C@H](C)[C@H]1/C=C/C(F)=C(Cl)\C=C(/C)NC=O. The van der Waals surface area contributed by atoms with E-state index in [4.69, 9.17) is 23.2 Å². The van der Waals surface area contributed by atoms with Gasteiger partial charge < -0.3 is 10.6 Å². The molecule has 1 amide bonds. The second-order valence-electron chi connectivity index (χ2n) is 6.26. The fraction of sp³-hybridized carbons (Fsp3) is 0.350. The van der Waals surface area contributed by atoms with Gasteiger partial charge in [-0.25, -0.2) is 8.78 Å². The molecule has 0 aliphatic carbocycles. The van der Waals surface area contributed by atoms with E-state index in [-0.39, 0.29) is 27.9 Å². The molecular formula is C20H24Cl2F2N2O. The molecule has 7 heteroatoms. The van der Waals surface area contributed by atoms with Gasteiger partial charge in [0.1, 0.15) is 11.7 Å². The van der Waals surface area contributed by atoms with E-state index in [1.807, 2.05) is 13.0 Å². The molecule has 2 N–H and O–H groups in total. The number of amides is 1. The van der Waals surface area contributed by atoms with Gasteiger partial charge in [-0.2, -0.15) is 0 Å². The van der Waals surface area contributed by atoms with Crippen molar-refractivity contribution < 1.29 is 13.6 Å². The lowest BCUT2D eigenvalue weighted by Crippen LogP contribution is -2.21. The van der Waals surface area contributed by atoms with Crippen LogP contribution in [0.15, 0.2) is 70.5 Å². The molecule has 1 heterocycles. The minimum absolute atomic E-state index is 0.0325. The molecule has 3 atom stereocenters. The Morgan fingerprint density at radius 1 is 1.37 bits per heavy atom. The first kappa shape index (κ1) is 23.3. The molecule has 3 nitrogen and oxygen atoms in total. The van der Waals surface area contributed by atoms with Crippen LogP contribution in [-0.2, 0) is 4.79 Å². The quantitative estimate of drug-likeness (QED) is 0.390. The van der Waals surface area contributed by atoms with Gasteiger partial charge >= 0.3 is 0 Å². The molecule has 148 valence electrons. The average molecular weight is 417 g/mol. The second kappa shape index (κ2) is 11.9. The zero-order chi connectivity index (χ0) is 20.4. The van der Waals surface area contributed by atoms with E-state index < -0.39 is 11.7 Å². The molecule has 0 aromatic rings. The van der Waals surface area contributed by atoms with Gasteiger partial charge in [-0.3, -0.25) is 4.79 Å². The van der Waals surface area contributed by atoms with Crippen LogP contribution in [0.4, 0.5) is 8.78 Å². The molecule has 0 unspecified atom stereocenters. The highest BCUT2D eigenvalue weighted by molar-refractivity contribution is 6.32. The van der Waals surface area contributed by atoms with E-state index in [9.17, 15) is 13.6 Å². The predicted octanol–water partition coefficient (Wildman–Crippen LogP) is 5.39. The summed E-state index contributed by atoms with van der Waals surface area (Å²) in [4.78, 5) is 10.4. The molecule has 0 saturated carbocycles. The summed E-state index contributed by atoms with van der Waals surface area (Å²) in [6.45, 7) is 7.55. The first-order valence-corrected chi connectivity index (χ1v) is 9.24. The number of rotatable bonds is 9. The molecule has 1 aliphatic heterocycles. The molecule has 0 spiro atoms. The van der Waals surface area contributed by atoms with Crippen LogP contribution in [0.5, 0.6) is 0 Å². The number of hydrogen-bond acceptors (Lipinski definition) is 2. The minimum Gasteiger partial charge on any atom is -0.333 e. The smallest absolute Gasteiger partial charge is 0.211 e. The van der Waals surface area contributed by atoms with Crippen LogP contribution in [0, 0.1) is 11.8 Å². The lowest BCUT2D eigenvalue weighted by molar-refractivity contribution is -0.108. The van der Waals surface area contributed by atoms with Gasteiger partial charge in [0.25, 0.3) is 0 Å². The maximum Gasteiger partial charge on any atom is 0.211 e. The van der Waals surface area contributed by atoms with Crippen molar-refractivity contribution in [2.24, 2.45) is 11.8 Å². The number of halogens is 4. The highest BCUT2D eigenvalue weighted by Crippen LogP contribution is 2.28. The Labute approximate surface area is 169 Å². The normalized spacial score (nSPS) is 25.2. The maximum atomic E-state index is 14.2. The van der Waals surface area contributed by atoms with Crippen molar-refractivity contribution in [1.29, 1.82) is 0 Å². The van der Waals surface area contributed by atoms with Crippen molar-refractivity contribution >= 4 is 29.6 Å². The third-order valence-corrected chi connectivity index (χ3v) is 4.84. The van der Waals surface area contributed by atoms with Gasteiger partial charge in [-0.1, -0.05) is 48.0 Å². The fourth-order valence-corrected chi connectivity index (χ4v) is 3.05. The summed E-state index contributed by atoms with van der Waals surface area (Å²) in [6.07, 6.45) is 10.7. The molecule has 0 aromatic carbocycles. The zero-order valence-electron chi connectivity index (χ0n) is 15.3. The van der Waals surface area contributed by atoms with Gasteiger partial charge in [0.05, 0.1) is 10.1 Å². The summed E-state index contributed by atoms with van der Waals surface area (Å²) < 4.78 is 27.0. The van der Waals surface area contributed by atoms with Crippen molar-refractivity contribution in [3.05, 3.63) is 70.5 Å². The number of hydrogen-bond donors (Lipinski definition) is 2. The minimum atomic E-state index is -0.676. The molecule has 1 aliphatic rings. The van der Waals surface area contributed by atoms with Crippen LogP contribution in [0.2, 0.25) is 0 Å². The molecule has 1 saturated heterocycles. The Bertz CT molecular complexity index is 696. The van der Waals surface area contributed by atoms with Gasteiger partial charge in [-0.05, 0) is 56.9 Å². The molecule has 1 fully saturated rings. The van der Waals surface area contributed by atoms with Gasteiger partial charge in [0.2, 0.25) is 6.41 Å². The summed E-state index contributed by atoms with van der Waals surface area (Å²) in [6, 6.07) is 0.185. The zero-order valence-corrected chi connectivity index (χ0v) is 16.8. The van der Waals surface area contributed by atoms with E-state index in [1.54, 1.807) is 19.1 Å². The average Bonchev–Trinajstić information content (AvgIpc) is 2.96. The first-order chi connectivity index (χ1) is 12.8. The van der Waals surface area contributed by atoms with Crippen LogP contribution >= 0.6 is 23.2 Å². The molecule has 27 heavy (non-hydrogen) atoms. The molecule has 1 rings (SSSR count). The van der Waals surface area contributed by atoms with E-state index in [1.165, 1.54) is 18.2 Å². The molecule has 0 radical (unpaired) electrons. The lowest BCUT2D eigenvalue weighted by atomic mass is 9.88. The standard InChI is InChI=1S/C20H24Cl2F2N2O/c1-13(26-12-27)10-19(22)20(24)9-8-17-15(3)25-11-16(17)6-4-5-7-18(21)14(2)23/h4-5,7-10,12,15-17,25H,2,6,11H2,1,3H3,(H,26,27)/b5-4-,9-8+,13-10+,18-7+,20-19-/t15-,16+,17-/m1/s1. The van der Waals surface area contributed by atoms with Crippen LogP contribution in [0.3, 0.4) is 0 Å². The number of nitrogens with one attached hydrogen (secondary N) is 2. The van der Waals surface area contributed by atoms with Crippen LogP contribution in [0.1, 0.15) is 20.3 Å². The summed E-state index contributed by atoms with van der Waals surface area (Å²) >= 11 is 11.6. The molecule has 0 bridgehead atoms. The summed E-state index contributed by atoms with van der Waals surface area (Å²) in [7, 11) is 0. The third kappa shape index (κ3) is 8.24. The van der Waals surface area contributed by atoms with Crippen LogP contribution < -0.4 is 10.6 Å². The first-order valence-electron chi connectivity index (χ1n) is 8.48. The Balaban J connectivity index is 2.78. The number of allylic oxidation sites excluding steroid dienone is 10. The Kier molecular flexibility index (Phi) is 10.3. The maximum absolute atomic E-state index is 14.2. The van der Waals surface area contributed by atoms with Crippen molar-refractivity contribution in [2.75, 3.05) is 6.54 Å². The van der Waals surface area contributed by atoms with Crippen molar-refractivity contribution in [3.63, 3.8) is 0 Å². The van der Waals surface area contributed by atoms with E-state index in [0.717, 1.165) is 13.0 Å². The van der Waals surface area contributed by atoms with Crippen molar-refractivity contribution in [1.82, 2.24) is 10.6 Å². The van der Waals surface area contributed by atoms with E-state index in [2.05, 4.69) is 17.2 Å². The monoisotopic (exact) mass is 416 g/mol. The predicted molar refractivity (Wildman–Crippen MR) is 108 cm³/mol. The Morgan fingerprint density at radius 2 is 2.07 bits per heavy atom. The van der Waals surface area contributed by atoms with E-state index in [0.29, 0.717) is 12.1 Å². The topological polar surface area (TPSA) is 41.1 Å². The Morgan fingerprint density at radius 3 is 2.70 bits per heavy atom. The fourth-order valence-electron chi connectivity index (χ4n) is 2.75. The summed E-state index contributed by atoms with van der Waals surface area (Å²) in [5.41, 5.74) is 0.445. The largest absolute Gasteiger partial charge is 0.333 e. The molecule has 0 aromatic heterocycles. The highest BCUT2D eigenvalue weighted by atomic mass is 35.5. The second-order valence-corrected chi connectivity index (χ2v) is 7.08. The van der Waals surface area contributed by atoms with Crippen molar-refractivity contribution in [2.45, 2.75) is 26.3 Å². The highest BCUT2D eigenvalue weighted by Gasteiger charge is 2.30. The lowest BCUT2D eigenvalue weighted by Gasteiger charge is -2.16. The molecular weight excluding hydrogens is 393 g/mol. The summed E-state index contributed by atoms with van der Waals surface area (Å²) in [5.74, 6) is -0.884. The van der Waals surface area contributed by atoms with Gasteiger partial charge in [0.15, 0.2) is 0 Å². The number of carbonyl (C=O) groups is 1. The van der Waals surface area contributed by atoms with Crippen molar-refractivity contribution in [3.8, 4) is 0 Å². The summed E-state index contributed by atoms with van der Waals surface area (Å²) in [5, 5.41) is 5.64. The van der Waals surface area contributed by atoms with Crippen LogP contribution in [-0.4, -0.2) is 19.0 Å². The van der Waals surface area contributed by atoms with E-state index >= 15 is 0 Å². The third-order valence-electron chi connectivity index (χ3n) is 4.22. The number of carbonyl (C=O) groups excluding carboxylic acids is 1. The van der Waals surface area contributed by atoms with Gasteiger partial charge in [0, 0.05) is 11.7 Å². The van der Waals surface area contributed by atoms with Crippen LogP contribution in [0.25, 0.3) is 0 Å².